The van der Waals surface area contributed by atoms with E-state index in [-0.39, 0.29) is 17.7 Å². The Labute approximate surface area is 187 Å². The summed E-state index contributed by atoms with van der Waals surface area (Å²) in [5.41, 5.74) is 2.46. The molecule has 0 radical (unpaired) electrons. The van der Waals surface area contributed by atoms with Gasteiger partial charge in [-0.05, 0) is 42.0 Å². The van der Waals surface area contributed by atoms with Crippen molar-refractivity contribution in [2.45, 2.75) is 6.04 Å². The monoisotopic (exact) mass is 480 g/mol. The zero-order valence-corrected chi connectivity index (χ0v) is 18.3. The number of anilines is 1. The third-order valence-electron chi connectivity index (χ3n) is 5.43. The summed E-state index contributed by atoms with van der Waals surface area (Å²) in [5.74, 6) is 0.635. The van der Waals surface area contributed by atoms with Crippen LogP contribution in [0.4, 0.5) is 5.69 Å². The standard InChI is InChI=1S/C24H21BrN2O4/c25-17-6-3-5-16(15-17)22(27-10-13-29-14-11-27)23-21(18-7-1-2-8-19(18)31-23)26-24(28)20-9-4-12-30-20/h1-9,12,15,22H,10-11,13-14H2,(H,26,28). The predicted molar refractivity (Wildman–Crippen MR) is 121 cm³/mol. The van der Waals surface area contributed by atoms with Crippen molar-refractivity contribution in [3.63, 3.8) is 0 Å². The molecule has 6 nitrogen and oxygen atoms in total. The average molecular weight is 481 g/mol. The van der Waals surface area contributed by atoms with Crippen molar-refractivity contribution >= 4 is 38.5 Å². The number of nitrogens with zero attached hydrogens (tertiary/aromatic N) is 1. The predicted octanol–water partition coefficient (Wildman–Crippen LogP) is 5.46. The van der Waals surface area contributed by atoms with E-state index in [1.165, 1.54) is 6.26 Å². The van der Waals surface area contributed by atoms with E-state index in [4.69, 9.17) is 13.6 Å². The molecule has 0 spiro atoms. The van der Waals surface area contributed by atoms with Gasteiger partial charge in [-0.15, -0.1) is 0 Å². The molecule has 1 atom stereocenters. The van der Waals surface area contributed by atoms with Gasteiger partial charge in [0.2, 0.25) is 0 Å². The molecule has 2 aromatic heterocycles. The smallest absolute Gasteiger partial charge is 0.291 e. The first-order chi connectivity index (χ1) is 15.2. The third-order valence-corrected chi connectivity index (χ3v) is 5.92. The van der Waals surface area contributed by atoms with E-state index in [1.54, 1.807) is 12.1 Å². The summed E-state index contributed by atoms with van der Waals surface area (Å²) in [6.45, 7) is 2.83. The molecule has 1 amide bonds. The maximum absolute atomic E-state index is 12.9. The van der Waals surface area contributed by atoms with Crippen LogP contribution in [0.2, 0.25) is 0 Å². The van der Waals surface area contributed by atoms with Gasteiger partial charge in [-0.25, -0.2) is 0 Å². The van der Waals surface area contributed by atoms with Gasteiger partial charge >= 0.3 is 0 Å². The Morgan fingerprint density at radius 1 is 1.03 bits per heavy atom. The number of amides is 1. The molecule has 7 heteroatoms. The van der Waals surface area contributed by atoms with Gasteiger partial charge in [0, 0.05) is 22.9 Å². The quantitative estimate of drug-likeness (QED) is 0.410. The number of hydrogen-bond donors (Lipinski definition) is 1. The zero-order chi connectivity index (χ0) is 21.2. The summed E-state index contributed by atoms with van der Waals surface area (Å²) in [6.07, 6.45) is 1.49. The lowest BCUT2D eigenvalue weighted by atomic mass is 10.0. The number of nitrogens with one attached hydrogen (secondary N) is 1. The summed E-state index contributed by atoms with van der Waals surface area (Å²) in [5, 5.41) is 3.90. The van der Waals surface area contributed by atoms with Crippen molar-refractivity contribution in [1.29, 1.82) is 0 Å². The Morgan fingerprint density at radius 2 is 1.87 bits per heavy atom. The third kappa shape index (κ3) is 4.04. The van der Waals surface area contributed by atoms with Gasteiger partial charge in [-0.2, -0.15) is 0 Å². The van der Waals surface area contributed by atoms with E-state index in [0.717, 1.165) is 34.1 Å². The molecule has 31 heavy (non-hydrogen) atoms. The molecule has 0 saturated carbocycles. The number of rotatable bonds is 5. The van der Waals surface area contributed by atoms with Crippen LogP contribution >= 0.6 is 15.9 Å². The molecule has 0 aliphatic carbocycles. The highest BCUT2D eigenvalue weighted by Crippen LogP contribution is 2.41. The normalized spacial score (nSPS) is 15.8. The Kier molecular flexibility index (Phi) is 5.63. The molecule has 3 heterocycles. The molecule has 158 valence electrons. The number of ether oxygens (including phenoxy) is 1. The first kappa shape index (κ1) is 20.1. The first-order valence-electron chi connectivity index (χ1n) is 10.1. The lowest BCUT2D eigenvalue weighted by Crippen LogP contribution is -2.39. The number of furan rings is 2. The van der Waals surface area contributed by atoms with Crippen LogP contribution in [0.3, 0.4) is 0 Å². The fourth-order valence-electron chi connectivity index (χ4n) is 4.01. The van der Waals surface area contributed by atoms with Crippen molar-refractivity contribution in [3.8, 4) is 0 Å². The number of para-hydroxylation sites is 1. The molecule has 1 unspecified atom stereocenters. The average Bonchev–Trinajstić information content (AvgIpc) is 3.44. The van der Waals surface area contributed by atoms with E-state index in [9.17, 15) is 4.79 Å². The number of carbonyl (C=O) groups is 1. The second kappa shape index (κ2) is 8.70. The second-order valence-electron chi connectivity index (χ2n) is 7.37. The maximum atomic E-state index is 12.9. The van der Waals surface area contributed by atoms with E-state index < -0.39 is 0 Å². The van der Waals surface area contributed by atoms with Gasteiger partial charge in [0.1, 0.15) is 11.3 Å². The van der Waals surface area contributed by atoms with Crippen LogP contribution in [0, 0.1) is 0 Å². The van der Waals surface area contributed by atoms with Crippen LogP contribution in [-0.4, -0.2) is 37.1 Å². The number of carbonyl (C=O) groups excluding carboxylic acids is 1. The SMILES string of the molecule is O=C(Nc1c(C(c2cccc(Br)c2)N2CCOCC2)oc2ccccc12)c1ccco1. The molecular weight excluding hydrogens is 460 g/mol. The van der Waals surface area contributed by atoms with E-state index in [0.29, 0.717) is 24.7 Å². The Hall–Kier alpha value is -2.87. The molecule has 4 aromatic rings. The Balaban J connectivity index is 1.65. The van der Waals surface area contributed by atoms with Crippen molar-refractivity contribution < 1.29 is 18.4 Å². The zero-order valence-electron chi connectivity index (χ0n) is 16.7. The molecule has 1 fully saturated rings. The minimum Gasteiger partial charge on any atom is -0.459 e. The van der Waals surface area contributed by atoms with Gasteiger partial charge in [0.15, 0.2) is 5.76 Å². The van der Waals surface area contributed by atoms with Crippen molar-refractivity contribution in [3.05, 3.63) is 88.5 Å². The maximum Gasteiger partial charge on any atom is 0.291 e. The van der Waals surface area contributed by atoms with Gasteiger partial charge < -0.3 is 18.9 Å². The largest absolute Gasteiger partial charge is 0.459 e. The van der Waals surface area contributed by atoms with Crippen LogP contribution in [0.5, 0.6) is 0 Å². The minimum absolute atomic E-state index is 0.180. The number of benzene rings is 2. The van der Waals surface area contributed by atoms with Crippen LogP contribution in [0.1, 0.15) is 27.9 Å². The van der Waals surface area contributed by atoms with Gasteiger partial charge in [0.25, 0.3) is 5.91 Å². The summed E-state index contributed by atoms with van der Waals surface area (Å²) in [7, 11) is 0. The number of hydrogen-bond acceptors (Lipinski definition) is 5. The van der Waals surface area contributed by atoms with Crippen molar-refractivity contribution in [2.24, 2.45) is 0 Å². The highest BCUT2D eigenvalue weighted by Gasteiger charge is 2.31. The molecule has 1 saturated heterocycles. The molecular formula is C24H21BrN2O4. The number of morpholine rings is 1. The van der Waals surface area contributed by atoms with E-state index in [2.05, 4.69) is 38.3 Å². The topological polar surface area (TPSA) is 67.9 Å². The molecule has 0 bridgehead atoms. The molecule has 1 aliphatic rings. The Bertz CT molecular complexity index is 1200. The van der Waals surface area contributed by atoms with E-state index >= 15 is 0 Å². The van der Waals surface area contributed by atoms with Crippen LogP contribution < -0.4 is 5.32 Å². The summed E-state index contributed by atoms with van der Waals surface area (Å²) >= 11 is 3.59. The second-order valence-corrected chi connectivity index (χ2v) is 8.29. The van der Waals surface area contributed by atoms with Gasteiger partial charge in [-0.3, -0.25) is 9.69 Å². The van der Waals surface area contributed by atoms with Crippen molar-refractivity contribution in [2.75, 3.05) is 31.6 Å². The van der Waals surface area contributed by atoms with Crippen molar-refractivity contribution in [1.82, 2.24) is 4.90 Å². The lowest BCUT2D eigenvalue weighted by molar-refractivity contribution is 0.0206. The molecule has 1 N–H and O–H groups in total. The highest BCUT2D eigenvalue weighted by atomic mass is 79.9. The molecule has 2 aromatic carbocycles. The van der Waals surface area contributed by atoms with Crippen LogP contribution in [0.25, 0.3) is 11.0 Å². The van der Waals surface area contributed by atoms with Crippen LogP contribution in [-0.2, 0) is 4.74 Å². The van der Waals surface area contributed by atoms with Gasteiger partial charge in [-0.1, -0.05) is 40.2 Å². The lowest BCUT2D eigenvalue weighted by Gasteiger charge is -2.34. The van der Waals surface area contributed by atoms with E-state index in [1.807, 2.05) is 36.4 Å². The summed E-state index contributed by atoms with van der Waals surface area (Å²) in [6, 6.07) is 19.1. The first-order valence-corrected chi connectivity index (χ1v) is 10.9. The van der Waals surface area contributed by atoms with Crippen LogP contribution in [0.15, 0.2) is 80.2 Å². The molecule has 1 aliphatic heterocycles. The summed E-state index contributed by atoms with van der Waals surface area (Å²) < 4.78 is 18.3. The number of fused-ring (bicyclic) bond motifs is 1. The minimum atomic E-state index is -0.312. The van der Waals surface area contributed by atoms with Gasteiger partial charge in [0.05, 0.1) is 31.2 Å². The molecule has 5 rings (SSSR count). The fourth-order valence-corrected chi connectivity index (χ4v) is 4.43. The summed E-state index contributed by atoms with van der Waals surface area (Å²) in [4.78, 5) is 15.2. The fraction of sp³-hybridized carbons (Fsp3) is 0.208. The number of halogens is 1. The highest BCUT2D eigenvalue weighted by molar-refractivity contribution is 9.10. The Morgan fingerprint density at radius 3 is 2.65 bits per heavy atom.